The van der Waals surface area contributed by atoms with Crippen molar-refractivity contribution in [2.24, 2.45) is 0 Å². The van der Waals surface area contributed by atoms with Crippen LogP contribution in [0.5, 0.6) is 0 Å². The van der Waals surface area contributed by atoms with E-state index in [0.717, 1.165) is 5.56 Å². The van der Waals surface area contributed by atoms with Crippen LogP contribution >= 0.6 is 0 Å². The van der Waals surface area contributed by atoms with Crippen molar-refractivity contribution in [3.63, 3.8) is 0 Å². The van der Waals surface area contributed by atoms with Crippen LogP contribution in [0.25, 0.3) is 0 Å². The van der Waals surface area contributed by atoms with Gasteiger partial charge in [0, 0.05) is 19.8 Å². The molecule has 148 valence electrons. The number of carbonyl (C=O) groups is 1. The Bertz CT molecular complexity index is 684. The van der Waals surface area contributed by atoms with E-state index >= 15 is 0 Å². The van der Waals surface area contributed by atoms with Crippen LogP contribution in [0.15, 0.2) is 36.5 Å². The van der Waals surface area contributed by atoms with Crippen molar-refractivity contribution in [2.75, 3.05) is 33.9 Å². The Morgan fingerprint density at radius 2 is 1.85 bits per heavy atom. The van der Waals surface area contributed by atoms with Crippen LogP contribution in [0.4, 0.5) is 0 Å². The van der Waals surface area contributed by atoms with Gasteiger partial charge >= 0.3 is 0 Å². The predicted molar refractivity (Wildman–Crippen MR) is 102 cm³/mol. The van der Waals surface area contributed by atoms with Crippen molar-refractivity contribution < 1.29 is 14.3 Å². The number of ether oxygens (including phenoxy) is 2. The molecule has 0 aliphatic carbocycles. The summed E-state index contributed by atoms with van der Waals surface area (Å²) in [6.45, 7) is 5.74. The van der Waals surface area contributed by atoms with Gasteiger partial charge in [0.2, 0.25) is 0 Å². The zero-order chi connectivity index (χ0) is 19.6. The second-order valence-corrected chi connectivity index (χ2v) is 6.27. The molecule has 8 nitrogen and oxygen atoms in total. The van der Waals surface area contributed by atoms with Gasteiger partial charge in [-0.05, 0) is 33.5 Å². The summed E-state index contributed by atoms with van der Waals surface area (Å²) in [6, 6.07) is 10.1. The maximum Gasteiger partial charge on any atom is 0.273 e. The van der Waals surface area contributed by atoms with Gasteiger partial charge in [-0.2, -0.15) is 0 Å². The molecular formula is C19H29N5O3. The van der Waals surface area contributed by atoms with Gasteiger partial charge in [-0.15, -0.1) is 5.10 Å². The van der Waals surface area contributed by atoms with E-state index in [0.29, 0.717) is 26.3 Å². The first-order chi connectivity index (χ1) is 13.0. The highest BCUT2D eigenvalue weighted by Gasteiger charge is 2.18. The lowest BCUT2D eigenvalue weighted by molar-refractivity contribution is -0.145. The van der Waals surface area contributed by atoms with Crippen molar-refractivity contribution in [3.05, 3.63) is 47.8 Å². The van der Waals surface area contributed by atoms with E-state index in [1.165, 1.54) is 0 Å². The van der Waals surface area contributed by atoms with Gasteiger partial charge in [-0.3, -0.25) is 4.79 Å². The van der Waals surface area contributed by atoms with Gasteiger partial charge in [0.15, 0.2) is 12.0 Å². The van der Waals surface area contributed by atoms with Crippen molar-refractivity contribution in [3.8, 4) is 0 Å². The molecule has 0 aliphatic rings. The molecule has 2 aromatic rings. The SMILES string of the molecule is CCOC(Cn1cc(C(=O)NCC(c2ccccc2)N(C)C)nn1)OCC. The molecule has 1 aromatic carbocycles. The van der Waals surface area contributed by atoms with Crippen LogP contribution in [0, 0.1) is 0 Å². The number of amides is 1. The quantitative estimate of drug-likeness (QED) is 0.602. The van der Waals surface area contributed by atoms with Gasteiger partial charge in [-0.1, -0.05) is 35.5 Å². The summed E-state index contributed by atoms with van der Waals surface area (Å²) in [5.41, 5.74) is 1.41. The Morgan fingerprint density at radius 3 is 2.44 bits per heavy atom. The number of nitrogens with one attached hydrogen (secondary N) is 1. The molecule has 1 aromatic heterocycles. The van der Waals surface area contributed by atoms with Crippen molar-refractivity contribution in [1.82, 2.24) is 25.2 Å². The Balaban J connectivity index is 1.95. The fourth-order valence-corrected chi connectivity index (χ4v) is 2.72. The average molecular weight is 375 g/mol. The third-order valence-corrected chi connectivity index (χ3v) is 4.08. The molecule has 0 saturated heterocycles. The lowest BCUT2D eigenvalue weighted by Gasteiger charge is -2.24. The Kier molecular flexibility index (Phi) is 8.38. The first-order valence-corrected chi connectivity index (χ1v) is 9.18. The fraction of sp³-hybridized carbons (Fsp3) is 0.526. The molecular weight excluding hydrogens is 346 g/mol. The molecule has 2 rings (SSSR count). The summed E-state index contributed by atoms with van der Waals surface area (Å²) in [5.74, 6) is -0.256. The van der Waals surface area contributed by atoms with E-state index in [4.69, 9.17) is 9.47 Å². The Labute approximate surface area is 160 Å². The summed E-state index contributed by atoms with van der Waals surface area (Å²) >= 11 is 0. The largest absolute Gasteiger partial charge is 0.351 e. The smallest absolute Gasteiger partial charge is 0.273 e. The van der Waals surface area contributed by atoms with Crippen LogP contribution in [-0.4, -0.2) is 65.9 Å². The topological polar surface area (TPSA) is 81.5 Å². The van der Waals surface area contributed by atoms with E-state index in [2.05, 4.69) is 32.7 Å². The highest BCUT2D eigenvalue weighted by atomic mass is 16.7. The van der Waals surface area contributed by atoms with Crippen LogP contribution in [0.1, 0.15) is 35.9 Å². The van der Waals surface area contributed by atoms with Crippen molar-refractivity contribution in [2.45, 2.75) is 32.7 Å². The molecule has 0 saturated carbocycles. The molecule has 1 amide bonds. The monoisotopic (exact) mass is 375 g/mol. The highest BCUT2D eigenvalue weighted by molar-refractivity contribution is 5.91. The van der Waals surface area contributed by atoms with Crippen LogP contribution in [-0.2, 0) is 16.0 Å². The maximum atomic E-state index is 12.4. The van der Waals surface area contributed by atoms with Crippen molar-refractivity contribution in [1.29, 1.82) is 0 Å². The minimum atomic E-state index is -0.409. The molecule has 1 unspecified atom stereocenters. The molecule has 1 N–H and O–H groups in total. The van der Waals surface area contributed by atoms with E-state index in [1.54, 1.807) is 10.9 Å². The minimum absolute atomic E-state index is 0.0745. The molecule has 1 heterocycles. The summed E-state index contributed by atoms with van der Waals surface area (Å²) in [5, 5.41) is 10.9. The molecule has 0 radical (unpaired) electrons. The molecule has 0 bridgehead atoms. The second kappa shape index (κ2) is 10.8. The summed E-state index contributed by atoms with van der Waals surface area (Å²) in [7, 11) is 3.98. The molecule has 0 spiro atoms. The normalized spacial score (nSPS) is 12.5. The Morgan fingerprint density at radius 1 is 1.19 bits per heavy atom. The number of hydrogen-bond acceptors (Lipinski definition) is 6. The number of hydrogen-bond donors (Lipinski definition) is 1. The number of aromatic nitrogens is 3. The van der Waals surface area contributed by atoms with Crippen LogP contribution in [0.3, 0.4) is 0 Å². The van der Waals surface area contributed by atoms with Gasteiger partial charge in [0.1, 0.15) is 0 Å². The average Bonchev–Trinajstić information content (AvgIpc) is 3.11. The summed E-state index contributed by atoms with van der Waals surface area (Å²) in [4.78, 5) is 14.5. The third-order valence-electron chi connectivity index (χ3n) is 4.08. The van der Waals surface area contributed by atoms with Gasteiger partial charge < -0.3 is 19.7 Å². The van der Waals surface area contributed by atoms with E-state index in [-0.39, 0.29) is 17.6 Å². The number of likely N-dealkylation sites (N-methyl/N-ethyl adjacent to an activating group) is 1. The standard InChI is InChI=1S/C19H29N5O3/c1-5-26-18(27-6-2)14-24-13-16(21-22-24)19(25)20-12-17(23(3)4)15-10-8-7-9-11-15/h7-11,13,17-18H,5-6,12,14H2,1-4H3,(H,20,25). The number of carbonyl (C=O) groups excluding carboxylic acids is 1. The molecule has 27 heavy (non-hydrogen) atoms. The maximum absolute atomic E-state index is 12.4. The summed E-state index contributed by atoms with van der Waals surface area (Å²) in [6.07, 6.45) is 1.20. The Hall–Kier alpha value is -2.29. The zero-order valence-electron chi connectivity index (χ0n) is 16.5. The molecule has 1 atom stereocenters. The minimum Gasteiger partial charge on any atom is -0.351 e. The van der Waals surface area contributed by atoms with Crippen LogP contribution < -0.4 is 5.32 Å². The third kappa shape index (κ3) is 6.42. The first-order valence-electron chi connectivity index (χ1n) is 9.18. The van der Waals surface area contributed by atoms with Gasteiger partial charge in [0.25, 0.3) is 5.91 Å². The van der Waals surface area contributed by atoms with E-state index in [9.17, 15) is 4.79 Å². The van der Waals surface area contributed by atoms with E-state index < -0.39 is 6.29 Å². The van der Waals surface area contributed by atoms with Gasteiger partial charge in [0.05, 0.1) is 18.8 Å². The lowest BCUT2D eigenvalue weighted by atomic mass is 10.1. The number of nitrogens with zero attached hydrogens (tertiary/aromatic N) is 4. The fourth-order valence-electron chi connectivity index (χ4n) is 2.72. The van der Waals surface area contributed by atoms with E-state index in [1.807, 2.05) is 46.1 Å². The first kappa shape index (κ1) is 21.0. The molecule has 0 aliphatic heterocycles. The summed E-state index contributed by atoms with van der Waals surface area (Å²) < 4.78 is 12.5. The number of benzene rings is 1. The predicted octanol–water partition coefficient (Wildman–Crippen LogP) is 1.71. The van der Waals surface area contributed by atoms with Crippen molar-refractivity contribution >= 4 is 5.91 Å². The molecule has 0 fully saturated rings. The second-order valence-electron chi connectivity index (χ2n) is 6.27. The zero-order valence-corrected chi connectivity index (χ0v) is 16.5. The number of rotatable bonds is 11. The van der Waals surface area contributed by atoms with Gasteiger partial charge in [-0.25, -0.2) is 4.68 Å². The highest BCUT2D eigenvalue weighted by Crippen LogP contribution is 2.16. The lowest BCUT2D eigenvalue weighted by Crippen LogP contribution is -2.34. The molecule has 8 heteroatoms. The van der Waals surface area contributed by atoms with Crippen LogP contribution in [0.2, 0.25) is 0 Å².